The number of aromatic nitrogens is 2. The zero-order valence-corrected chi connectivity index (χ0v) is 42.4. The van der Waals surface area contributed by atoms with Gasteiger partial charge in [0, 0.05) is 56.4 Å². The summed E-state index contributed by atoms with van der Waals surface area (Å²) in [4.78, 5) is 0. The maximum Gasteiger partial charge on any atom is 0.422 e. The normalized spacial score (nSPS) is 23.2. The van der Waals surface area contributed by atoms with Crippen LogP contribution in [0.1, 0.15) is 63.0 Å². The van der Waals surface area contributed by atoms with Crippen molar-refractivity contribution in [1.82, 2.24) is 18.6 Å². The number of fused-ring (bicyclic) bond motifs is 2. The molecule has 14 nitrogen and oxygen atoms in total. The van der Waals surface area contributed by atoms with Crippen LogP contribution in [-0.4, -0.2) is 93.4 Å². The van der Waals surface area contributed by atoms with E-state index in [0.29, 0.717) is 41.7 Å². The van der Waals surface area contributed by atoms with Crippen LogP contribution in [0, 0.1) is 34.5 Å². The Kier molecular flexibility index (Phi) is 13.3. The van der Waals surface area contributed by atoms with Crippen molar-refractivity contribution in [1.29, 1.82) is 5.26 Å². The van der Waals surface area contributed by atoms with E-state index >= 15 is 0 Å². The summed E-state index contributed by atoms with van der Waals surface area (Å²) in [6.07, 6.45) is 11.7. The number of benzene rings is 4. The quantitative estimate of drug-likeness (QED) is 0.0702. The number of hydrogen-bond acceptors (Lipinski definition) is 10. The zero-order valence-electron chi connectivity index (χ0n) is 39.3. The third-order valence-electron chi connectivity index (χ3n) is 13.7. The van der Waals surface area contributed by atoms with E-state index in [1.807, 2.05) is 70.8 Å². The van der Waals surface area contributed by atoms with Gasteiger partial charge in [-0.3, -0.25) is 0 Å². The summed E-state index contributed by atoms with van der Waals surface area (Å²) in [6.45, 7) is 1.49. The van der Waals surface area contributed by atoms with Gasteiger partial charge in [0.25, 0.3) is 0 Å². The fraction of sp³-hybridized carbons (Fsp3) is 0.392. The summed E-state index contributed by atoms with van der Waals surface area (Å²) in [6, 6.07) is 23.9. The van der Waals surface area contributed by atoms with Crippen molar-refractivity contribution >= 4 is 65.1 Å². The highest BCUT2D eigenvalue weighted by Gasteiger charge is 2.70. The predicted molar refractivity (Wildman–Crippen MR) is 268 cm³/mol. The van der Waals surface area contributed by atoms with E-state index in [1.54, 1.807) is 24.4 Å². The van der Waals surface area contributed by atoms with Crippen LogP contribution in [0.15, 0.2) is 85.2 Å². The first kappa shape index (κ1) is 51.3. The van der Waals surface area contributed by atoms with E-state index in [1.165, 1.54) is 18.6 Å². The molecule has 2 aromatic heterocycles. The molecule has 4 aromatic carbocycles. The summed E-state index contributed by atoms with van der Waals surface area (Å²) in [5.41, 5.74) is 2.97. The zero-order chi connectivity index (χ0) is 51.6. The molecule has 6 aliphatic carbocycles. The van der Waals surface area contributed by atoms with Gasteiger partial charge in [-0.05, 0) is 118 Å². The third-order valence-corrected chi connectivity index (χ3v) is 15.8. The van der Waals surface area contributed by atoms with Gasteiger partial charge in [0.15, 0.2) is 18.1 Å². The fourth-order valence-corrected chi connectivity index (χ4v) is 13.6. The van der Waals surface area contributed by atoms with Gasteiger partial charge in [0.1, 0.15) is 24.2 Å². The third kappa shape index (κ3) is 10.7. The first-order valence-corrected chi connectivity index (χ1v) is 27.4. The van der Waals surface area contributed by atoms with E-state index in [9.17, 15) is 40.4 Å². The Morgan fingerprint density at radius 1 is 0.722 bits per heavy atom. The van der Waals surface area contributed by atoms with Crippen LogP contribution in [0.5, 0.6) is 23.0 Å². The van der Waals surface area contributed by atoms with E-state index in [4.69, 9.17) is 48.6 Å². The van der Waals surface area contributed by atoms with Crippen LogP contribution >= 0.6 is 23.2 Å². The van der Waals surface area contributed by atoms with Crippen molar-refractivity contribution in [2.24, 2.45) is 10.8 Å². The Hall–Kier alpha value is -5.64. The molecule has 0 radical (unpaired) electrons. The van der Waals surface area contributed by atoms with Crippen LogP contribution in [-0.2, 0) is 20.0 Å². The Balaban J connectivity index is 0.000000178. The first-order valence-electron chi connectivity index (χ1n) is 22.8. The molecule has 0 spiro atoms. The largest absolute Gasteiger partial charge is 0.493 e. The summed E-state index contributed by atoms with van der Waals surface area (Å²) in [5.74, 6) is 3.87. The molecule has 2 heterocycles. The molecule has 6 aliphatic rings. The van der Waals surface area contributed by atoms with Crippen molar-refractivity contribution in [3.8, 4) is 52.8 Å². The van der Waals surface area contributed by atoms with Gasteiger partial charge >= 0.3 is 6.18 Å². The second kappa shape index (κ2) is 18.7. The van der Waals surface area contributed by atoms with Gasteiger partial charge in [-0.2, -0.15) is 18.4 Å². The molecule has 6 aromatic rings. The molecule has 3 N–H and O–H groups in total. The summed E-state index contributed by atoms with van der Waals surface area (Å²) in [5, 5.41) is 21.6. The molecular weight excluding hydrogens is 1020 g/mol. The van der Waals surface area contributed by atoms with Crippen LogP contribution in [0.25, 0.3) is 33.2 Å². The van der Waals surface area contributed by atoms with Gasteiger partial charge in [0.05, 0.1) is 64.0 Å². The first-order chi connectivity index (χ1) is 33.8. The van der Waals surface area contributed by atoms with Gasteiger partial charge in [-0.1, -0.05) is 36.0 Å². The molecule has 12 rings (SSSR count). The predicted octanol–water partition coefficient (Wildman–Crippen LogP) is 9.21. The number of terminal acetylenes is 1. The number of halogens is 5. The summed E-state index contributed by atoms with van der Waals surface area (Å²) >= 11 is 12.7. The summed E-state index contributed by atoms with van der Waals surface area (Å²) in [7, 11) is -6.42. The standard InChI is InChI=1S/C26H28ClN3O5S.C25H22ClF3N2O4S/c1-3-20(31)12-34-24-18(11-28)8-19(10-22(24)27)30-7-6-17-9-21(4-5-23(17)30)35-16-25-13-26(14-25,15-25)29-36(2,32)33;1-3-16-8-18(10-20(26)22(16)35-15-25(27,28)29)31-7-6-17-9-19(4-5-21(17)31)34-14-23-11-24(12-23,13-23)30-36(2,32)33/h4-10,20,29,31H,3,12-16H2,1-2H3;1,4-10,30H,11-15H2,2H3. The minimum atomic E-state index is -4.52. The van der Waals surface area contributed by atoms with Crippen molar-refractivity contribution < 1.29 is 54.1 Å². The lowest BCUT2D eigenvalue weighted by atomic mass is 9.40. The Morgan fingerprint density at radius 3 is 1.57 bits per heavy atom. The maximum absolute atomic E-state index is 12.6. The molecule has 6 fully saturated rings. The van der Waals surface area contributed by atoms with E-state index in [2.05, 4.69) is 21.4 Å². The monoisotopic (exact) mass is 1070 g/mol. The minimum Gasteiger partial charge on any atom is -0.493 e. The smallest absolute Gasteiger partial charge is 0.422 e. The van der Waals surface area contributed by atoms with Gasteiger partial charge in [-0.25, -0.2) is 26.3 Å². The van der Waals surface area contributed by atoms with Crippen molar-refractivity contribution in [2.75, 3.05) is 38.9 Å². The highest BCUT2D eigenvalue weighted by molar-refractivity contribution is 7.89. The maximum atomic E-state index is 12.6. The van der Waals surface area contributed by atoms with Gasteiger partial charge in [-0.15, -0.1) is 6.42 Å². The second-order valence-corrected chi connectivity index (χ2v) is 24.2. The molecule has 1 atom stereocenters. The van der Waals surface area contributed by atoms with Crippen LogP contribution in [0.3, 0.4) is 0 Å². The molecule has 1 unspecified atom stereocenters. The van der Waals surface area contributed by atoms with Crippen LogP contribution in [0.4, 0.5) is 13.2 Å². The number of nitriles is 1. The summed E-state index contributed by atoms with van der Waals surface area (Å²) < 4.78 is 116. The van der Waals surface area contributed by atoms with E-state index in [0.717, 1.165) is 71.8 Å². The molecule has 380 valence electrons. The molecule has 0 saturated heterocycles. The molecule has 6 saturated carbocycles. The van der Waals surface area contributed by atoms with E-state index in [-0.39, 0.29) is 50.6 Å². The van der Waals surface area contributed by atoms with Crippen molar-refractivity contribution in [2.45, 2.75) is 75.2 Å². The van der Waals surface area contributed by atoms with Crippen LogP contribution < -0.4 is 28.4 Å². The van der Waals surface area contributed by atoms with E-state index < -0.39 is 38.9 Å². The number of aliphatic hydroxyl groups is 1. The lowest BCUT2D eigenvalue weighted by Crippen LogP contribution is -2.76. The number of nitrogens with one attached hydrogen (secondary N) is 2. The second-order valence-electron chi connectivity index (χ2n) is 19.9. The molecule has 0 aliphatic heterocycles. The minimum absolute atomic E-state index is 0.0108. The van der Waals surface area contributed by atoms with Crippen molar-refractivity contribution in [3.05, 3.63) is 106 Å². The number of rotatable bonds is 18. The van der Waals surface area contributed by atoms with Gasteiger partial charge in [0.2, 0.25) is 20.0 Å². The Labute approximate surface area is 425 Å². The number of aliphatic hydroxyl groups excluding tert-OH is 1. The lowest BCUT2D eigenvalue weighted by Gasteiger charge is -2.69. The van der Waals surface area contributed by atoms with Gasteiger partial charge < -0.3 is 33.2 Å². The highest BCUT2D eigenvalue weighted by atomic mass is 35.5. The number of hydrogen-bond donors (Lipinski definition) is 3. The topological polar surface area (TPSA) is 183 Å². The Bertz CT molecular complexity index is 3400. The van der Waals surface area contributed by atoms with Crippen LogP contribution in [0.2, 0.25) is 10.0 Å². The molecule has 0 amide bonds. The molecule has 21 heteroatoms. The lowest BCUT2D eigenvalue weighted by molar-refractivity contribution is -0.162. The molecular formula is C51H50Cl2F3N5O9S2. The number of sulfonamides is 2. The molecule has 72 heavy (non-hydrogen) atoms. The SMILES string of the molecule is C#Cc1cc(-n2ccc3cc(OCC45CC(NS(C)(=O)=O)(C4)C5)ccc32)cc(Cl)c1OCC(F)(F)F.CCC(O)COc1c(Cl)cc(-n2ccc3cc(OCC45CC(NS(C)(=O)=O)(C4)C5)ccc32)cc1C#N. The Morgan fingerprint density at radius 2 is 1.17 bits per heavy atom. The number of ether oxygens (including phenoxy) is 4. The average Bonchev–Trinajstić information content (AvgIpc) is 3.89. The number of nitrogens with zero attached hydrogens (tertiary/aromatic N) is 3. The highest BCUT2D eigenvalue weighted by Crippen LogP contribution is 2.68. The fourth-order valence-electron chi connectivity index (χ4n) is 11.0. The van der Waals surface area contributed by atoms with Crippen molar-refractivity contribution in [3.63, 3.8) is 0 Å². The number of alkyl halides is 3. The average molecular weight is 1070 g/mol. The molecule has 4 bridgehead atoms.